The summed E-state index contributed by atoms with van der Waals surface area (Å²) in [5.41, 5.74) is -0.0906. The fourth-order valence-electron chi connectivity index (χ4n) is 1.62. The lowest BCUT2D eigenvalue weighted by Crippen LogP contribution is -2.29. The molecule has 2 rings (SSSR count). The predicted octanol–water partition coefficient (Wildman–Crippen LogP) is -0.252. The second-order valence-corrected chi connectivity index (χ2v) is 4.28. The maximum absolute atomic E-state index is 11.5. The smallest absolute Gasteiger partial charge is 0.358 e. The highest BCUT2D eigenvalue weighted by Gasteiger charge is 2.38. The third-order valence-corrected chi connectivity index (χ3v) is 2.84. The lowest BCUT2D eigenvalue weighted by Gasteiger charge is -2.03. The van der Waals surface area contributed by atoms with Gasteiger partial charge in [0.25, 0.3) is 0 Å². The van der Waals surface area contributed by atoms with E-state index in [0.29, 0.717) is 19.0 Å². The van der Waals surface area contributed by atoms with E-state index >= 15 is 0 Å². The molecule has 17 heavy (non-hydrogen) atoms. The van der Waals surface area contributed by atoms with Gasteiger partial charge in [0.15, 0.2) is 5.69 Å². The van der Waals surface area contributed by atoms with E-state index < -0.39 is 5.97 Å². The average Bonchev–Trinajstić information content (AvgIpc) is 2.82. The second-order valence-electron chi connectivity index (χ2n) is 4.28. The summed E-state index contributed by atoms with van der Waals surface area (Å²) >= 11 is 0. The van der Waals surface area contributed by atoms with Crippen LogP contribution in [0.5, 0.6) is 0 Å². The summed E-state index contributed by atoms with van der Waals surface area (Å²) < 4.78 is 1.40. The summed E-state index contributed by atoms with van der Waals surface area (Å²) in [6.45, 7) is 2.90. The normalized spacial score (nSPS) is 22.2. The van der Waals surface area contributed by atoms with E-state index in [9.17, 15) is 9.59 Å². The third-order valence-electron chi connectivity index (χ3n) is 2.84. The van der Waals surface area contributed by atoms with Crippen LogP contribution in [0.1, 0.15) is 23.8 Å². The number of hydrogen-bond acceptors (Lipinski definition) is 4. The van der Waals surface area contributed by atoms with Crippen molar-refractivity contribution >= 4 is 11.9 Å². The van der Waals surface area contributed by atoms with Crippen molar-refractivity contribution in [2.45, 2.75) is 19.9 Å². The van der Waals surface area contributed by atoms with Gasteiger partial charge in [-0.15, -0.1) is 5.10 Å². The molecule has 1 aromatic rings. The van der Waals surface area contributed by atoms with Crippen molar-refractivity contribution in [3.05, 3.63) is 11.9 Å². The van der Waals surface area contributed by atoms with Crippen LogP contribution in [0.15, 0.2) is 6.20 Å². The number of rotatable bonds is 5. The fraction of sp³-hybridized carbons (Fsp3) is 0.600. The molecule has 1 saturated carbocycles. The van der Waals surface area contributed by atoms with Gasteiger partial charge in [0, 0.05) is 12.5 Å². The number of carboxylic acids is 1. The van der Waals surface area contributed by atoms with Crippen molar-refractivity contribution in [1.82, 2.24) is 20.3 Å². The number of carbonyl (C=O) groups is 2. The second kappa shape index (κ2) is 4.52. The summed E-state index contributed by atoms with van der Waals surface area (Å²) in [5.74, 6) is -0.400. The molecule has 1 aromatic heterocycles. The molecule has 0 aromatic carbocycles. The van der Waals surface area contributed by atoms with Gasteiger partial charge >= 0.3 is 5.97 Å². The zero-order valence-electron chi connectivity index (χ0n) is 9.46. The number of nitrogens with one attached hydrogen (secondary N) is 1. The molecule has 0 bridgehead atoms. The molecule has 2 atom stereocenters. The molecule has 0 saturated heterocycles. The van der Waals surface area contributed by atoms with Gasteiger partial charge in [0.05, 0.1) is 12.7 Å². The molecule has 7 heteroatoms. The molecule has 1 fully saturated rings. The van der Waals surface area contributed by atoms with Crippen molar-refractivity contribution in [2.24, 2.45) is 11.8 Å². The van der Waals surface area contributed by atoms with Crippen LogP contribution in [0, 0.1) is 11.8 Å². The van der Waals surface area contributed by atoms with Crippen LogP contribution in [0.4, 0.5) is 0 Å². The van der Waals surface area contributed by atoms with Crippen molar-refractivity contribution in [2.75, 3.05) is 6.54 Å². The molecule has 0 aliphatic heterocycles. The molecular weight excluding hydrogens is 224 g/mol. The molecule has 1 heterocycles. The maximum atomic E-state index is 11.5. The Morgan fingerprint density at radius 1 is 1.65 bits per heavy atom. The monoisotopic (exact) mass is 238 g/mol. The molecule has 0 spiro atoms. The molecule has 92 valence electrons. The lowest BCUT2D eigenvalue weighted by atomic mass is 10.3. The van der Waals surface area contributed by atoms with E-state index in [0.717, 1.165) is 6.42 Å². The van der Waals surface area contributed by atoms with Crippen LogP contribution < -0.4 is 5.32 Å². The summed E-state index contributed by atoms with van der Waals surface area (Å²) in [6, 6.07) is 0. The van der Waals surface area contributed by atoms with Gasteiger partial charge in [-0.2, -0.15) is 0 Å². The standard InChI is InChI=1S/C10H14N4O3/c1-6-4-7(6)9(15)11-2-3-14-5-8(10(16)17)12-13-14/h5-7H,2-4H2,1H3,(H,11,15)(H,16,17). The molecule has 1 aliphatic rings. The van der Waals surface area contributed by atoms with Gasteiger partial charge in [-0.1, -0.05) is 12.1 Å². The van der Waals surface area contributed by atoms with Crippen LogP contribution >= 0.6 is 0 Å². The molecular formula is C10H14N4O3. The van der Waals surface area contributed by atoms with E-state index in [1.165, 1.54) is 10.9 Å². The number of carboxylic acid groups (broad SMARTS) is 1. The largest absolute Gasteiger partial charge is 0.476 e. The van der Waals surface area contributed by atoms with E-state index in [2.05, 4.69) is 15.6 Å². The minimum absolute atomic E-state index is 0.0658. The number of hydrogen-bond donors (Lipinski definition) is 2. The Morgan fingerprint density at radius 2 is 2.35 bits per heavy atom. The Morgan fingerprint density at radius 3 is 2.88 bits per heavy atom. The molecule has 7 nitrogen and oxygen atoms in total. The van der Waals surface area contributed by atoms with Gasteiger partial charge in [-0.05, 0) is 12.3 Å². The first-order valence-electron chi connectivity index (χ1n) is 5.49. The van der Waals surface area contributed by atoms with E-state index in [4.69, 9.17) is 5.11 Å². The molecule has 2 unspecified atom stereocenters. The maximum Gasteiger partial charge on any atom is 0.358 e. The minimum Gasteiger partial charge on any atom is -0.476 e. The summed E-state index contributed by atoms with van der Waals surface area (Å²) in [5, 5.41) is 18.5. The van der Waals surface area contributed by atoms with Crippen LogP contribution in [-0.4, -0.2) is 38.5 Å². The van der Waals surface area contributed by atoms with Gasteiger partial charge in [-0.25, -0.2) is 9.48 Å². The Bertz CT molecular complexity index is 443. The van der Waals surface area contributed by atoms with Crippen LogP contribution in [0.3, 0.4) is 0 Å². The summed E-state index contributed by atoms with van der Waals surface area (Å²) in [6.07, 6.45) is 2.30. The van der Waals surface area contributed by atoms with E-state index in [1.807, 2.05) is 6.92 Å². The first-order valence-corrected chi connectivity index (χ1v) is 5.49. The number of amides is 1. The highest BCUT2D eigenvalue weighted by atomic mass is 16.4. The van der Waals surface area contributed by atoms with Crippen LogP contribution in [-0.2, 0) is 11.3 Å². The third kappa shape index (κ3) is 2.80. The topological polar surface area (TPSA) is 97.1 Å². The van der Waals surface area contributed by atoms with Gasteiger partial charge in [-0.3, -0.25) is 4.79 Å². The Balaban J connectivity index is 1.74. The number of aromatic carboxylic acids is 1. The molecule has 2 N–H and O–H groups in total. The van der Waals surface area contributed by atoms with Crippen molar-refractivity contribution < 1.29 is 14.7 Å². The molecule has 1 amide bonds. The fourth-order valence-corrected chi connectivity index (χ4v) is 1.62. The van der Waals surface area contributed by atoms with Crippen molar-refractivity contribution in [3.8, 4) is 0 Å². The zero-order chi connectivity index (χ0) is 12.4. The predicted molar refractivity (Wildman–Crippen MR) is 57.3 cm³/mol. The van der Waals surface area contributed by atoms with Crippen molar-refractivity contribution in [1.29, 1.82) is 0 Å². The highest BCUT2D eigenvalue weighted by Crippen LogP contribution is 2.37. The summed E-state index contributed by atoms with van der Waals surface area (Å²) in [7, 11) is 0. The Labute approximate surface area is 97.8 Å². The quantitative estimate of drug-likeness (QED) is 0.737. The van der Waals surface area contributed by atoms with Crippen LogP contribution in [0.2, 0.25) is 0 Å². The van der Waals surface area contributed by atoms with Gasteiger partial charge in [0.1, 0.15) is 0 Å². The van der Waals surface area contributed by atoms with Crippen LogP contribution in [0.25, 0.3) is 0 Å². The Kier molecular flexibility index (Phi) is 3.08. The van der Waals surface area contributed by atoms with Gasteiger partial charge in [0.2, 0.25) is 5.91 Å². The number of carbonyl (C=O) groups excluding carboxylic acids is 1. The SMILES string of the molecule is CC1CC1C(=O)NCCn1cc(C(=O)O)nn1. The Hall–Kier alpha value is -1.92. The van der Waals surface area contributed by atoms with Crippen molar-refractivity contribution in [3.63, 3.8) is 0 Å². The van der Waals surface area contributed by atoms with Gasteiger partial charge < -0.3 is 10.4 Å². The first-order chi connectivity index (χ1) is 8.08. The number of nitrogens with zero attached hydrogens (tertiary/aromatic N) is 3. The van der Waals surface area contributed by atoms with E-state index in [1.54, 1.807) is 0 Å². The first kappa shape index (κ1) is 11.6. The summed E-state index contributed by atoms with van der Waals surface area (Å²) in [4.78, 5) is 22.0. The minimum atomic E-state index is -1.10. The average molecular weight is 238 g/mol. The van der Waals surface area contributed by atoms with E-state index in [-0.39, 0.29) is 17.5 Å². The molecule has 0 radical (unpaired) electrons. The molecule has 1 aliphatic carbocycles. The number of aromatic nitrogens is 3. The zero-order valence-corrected chi connectivity index (χ0v) is 9.46. The lowest BCUT2D eigenvalue weighted by molar-refractivity contribution is -0.122. The highest BCUT2D eigenvalue weighted by molar-refractivity contribution is 5.84.